The zero-order valence-electron chi connectivity index (χ0n) is 11.7. The standard InChI is InChI=1S/C12H16N4O5/c1-8(2)12(17)14-6-5-13-10-4-3-9(15(18)19)7-11(10)16(20)21/h3-4,7-8,13H,5-6H2,1-2H3,(H,14,17). The molecule has 0 aromatic heterocycles. The van der Waals surface area contributed by atoms with Crippen LogP contribution in [0, 0.1) is 26.1 Å². The van der Waals surface area contributed by atoms with Crippen LogP contribution in [-0.4, -0.2) is 28.8 Å². The number of non-ortho nitro benzene ring substituents is 1. The number of amides is 1. The van der Waals surface area contributed by atoms with Crippen molar-refractivity contribution in [3.8, 4) is 0 Å². The van der Waals surface area contributed by atoms with E-state index in [9.17, 15) is 25.0 Å². The summed E-state index contributed by atoms with van der Waals surface area (Å²) in [6, 6.07) is 3.36. The summed E-state index contributed by atoms with van der Waals surface area (Å²) in [5.41, 5.74) is -0.552. The van der Waals surface area contributed by atoms with Crippen molar-refractivity contribution >= 4 is 23.0 Å². The highest BCUT2D eigenvalue weighted by atomic mass is 16.6. The van der Waals surface area contributed by atoms with Crippen molar-refractivity contribution in [2.45, 2.75) is 13.8 Å². The van der Waals surface area contributed by atoms with Crippen LogP contribution in [0.1, 0.15) is 13.8 Å². The van der Waals surface area contributed by atoms with Crippen LogP contribution in [0.25, 0.3) is 0 Å². The normalized spacial score (nSPS) is 10.2. The van der Waals surface area contributed by atoms with Crippen molar-refractivity contribution in [1.82, 2.24) is 5.32 Å². The van der Waals surface area contributed by atoms with Gasteiger partial charge in [-0.1, -0.05) is 13.8 Å². The average molecular weight is 296 g/mol. The van der Waals surface area contributed by atoms with E-state index in [-0.39, 0.29) is 35.4 Å². The lowest BCUT2D eigenvalue weighted by molar-refractivity contribution is -0.393. The molecule has 0 unspecified atom stereocenters. The number of hydrogen-bond acceptors (Lipinski definition) is 6. The average Bonchev–Trinajstić information content (AvgIpc) is 2.42. The van der Waals surface area contributed by atoms with Gasteiger partial charge in [-0.15, -0.1) is 0 Å². The van der Waals surface area contributed by atoms with Crippen LogP contribution in [0.2, 0.25) is 0 Å². The van der Waals surface area contributed by atoms with Crippen LogP contribution in [0.3, 0.4) is 0 Å². The number of hydrogen-bond donors (Lipinski definition) is 2. The molecule has 0 radical (unpaired) electrons. The second kappa shape index (κ2) is 7.17. The molecule has 0 aliphatic heterocycles. The number of nitro benzene ring substituents is 2. The number of carbonyl (C=O) groups is 1. The van der Waals surface area contributed by atoms with Crippen LogP contribution < -0.4 is 10.6 Å². The summed E-state index contributed by atoms with van der Waals surface area (Å²) >= 11 is 0. The number of anilines is 1. The van der Waals surface area contributed by atoms with Gasteiger partial charge in [0.15, 0.2) is 0 Å². The lowest BCUT2D eigenvalue weighted by Crippen LogP contribution is -2.31. The number of nitrogens with one attached hydrogen (secondary N) is 2. The molecule has 0 saturated heterocycles. The molecule has 9 heteroatoms. The highest BCUT2D eigenvalue weighted by Gasteiger charge is 2.19. The number of rotatable bonds is 7. The van der Waals surface area contributed by atoms with Crippen molar-refractivity contribution < 1.29 is 14.6 Å². The third-order valence-corrected chi connectivity index (χ3v) is 2.65. The van der Waals surface area contributed by atoms with Gasteiger partial charge in [0.25, 0.3) is 11.4 Å². The van der Waals surface area contributed by atoms with Crippen LogP contribution in [0.4, 0.5) is 17.1 Å². The maximum Gasteiger partial charge on any atom is 0.299 e. The van der Waals surface area contributed by atoms with Crippen molar-refractivity contribution in [2.24, 2.45) is 5.92 Å². The van der Waals surface area contributed by atoms with Crippen molar-refractivity contribution in [3.63, 3.8) is 0 Å². The predicted octanol–water partition coefficient (Wildman–Crippen LogP) is 1.69. The predicted molar refractivity (Wildman–Crippen MR) is 76.1 cm³/mol. The van der Waals surface area contributed by atoms with Gasteiger partial charge in [-0.05, 0) is 6.07 Å². The van der Waals surface area contributed by atoms with Crippen LogP contribution >= 0.6 is 0 Å². The van der Waals surface area contributed by atoms with Gasteiger partial charge in [-0.2, -0.15) is 0 Å². The van der Waals surface area contributed by atoms with E-state index in [0.717, 1.165) is 6.07 Å². The molecule has 114 valence electrons. The molecule has 1 aromatic rings. The Kier molecular flexibility index (Phi) is 5.58. The Labute approximate surface area is 120 Å². The Balaban J connectivity index is 2.68. The largest absolute Gasteiger partial charge is 0.378 e. The molecule has 9 nitrogen and oxygen atoms in total. The highest BCUT2D eigenvalue weighted by molar-refractivity contribution is 5.77. The number of benzene rings is 1. The van der Waals surface area contributed by atoms with Crippen molar-refractivity contribution in [1.29, 1.82) is 0 Å². The fraction of sp³-hybridized carbons (Fsp3) is 0.417. The molecule has 1 amide bonds. The summed E-state index contributed by atoms with van der Waals surface area (Å²) in [6.07, 6.45) is 0. The minimum Gasteiger partial charge on any atom is -0.378 e. The Morgan fingerprint density at radius 3 is 2.38 bits per heavy atom. The zero-order valence-corrected chi connectivity index (χ0v) is 11.7. The molecule has 0 fully saturated rings. The summed E-state index contributed by atoms with van der Waals surface area (Å²) in [5, 5.41) is 26.9. The molecule has 2 N–H and O–H groups in total. The van der Waals surface area contributed by atoms with E-state index in [4.69, 9.17) is 0 Å². The Morgan fingerprint density at radius 2 is 1.86 bits per heavy atom. The minimum absolute atomic E-state index is 0.116. The maximum absolute atomic E-state index is 11.3. The summed E-state index contributed by atoms with van der Waals surface area (Å²) in [7, 11) is 0. The first-order valence-corrected chi connectivity index (χ1v) is 6.27. The van der Waals surface area contributed by atoms with E-state index in [1.54, 1.807) is 13.8 Å². The minimum atomic E-state index is -0.695. The summed E-state index contributed by atoms with van der Waals surface area (Å²) in [5.74, 6) is -0.256. The van der Waals surface area contributed by atoms with Gasteiger partial charge in [-0.25, -0.2) is 0 Å². The van der Waals surface area contributed by atoms with Gasteiger partial charge >= 0.3 is 0 Å². The smallest absolute Gasteiger partial charge is 0.299 e. The first-order valence-electron chi connectivity index (χ1n) is 6.27. The molecule has 0 heterocycles. The van der Waals surface area contributed by atoms with E-state index in [2.05, 4.69) is 10.6 Å². The molecular formula is C12H16N4O5. The Morgan fingerprint density at radius 1 is 1.19 bits per heavy atom. The van der Waals surface area contributed by atoms with Gasteiger partial charge in [0.2, 0.25) is 5.91 Å². The third-order valence-electron chi connectivity index (χ3n) is 2.65. The zero-order chi connectivity index (χ0) is 16.0. The molecule has 1 aromatic carbocycles. The van der Waals surface area contributed by atoms with Crippen molar-refractivity contribution in [3.05, 3.63) is 38.4 Å². The number of carbonyl (C=O) groups excluding carboxylic acids is 1. The van der Waals surface area contributed by atoms with E-state index >= 15 is 0 Å². The molecule has 0 aliphatic carbocycles. The van der Waals surface area contributed by atoms with E-state index in [1.165, 1.54) is 12.1 Å². The molecule has 0 atom stereocenters. The molecule has 21 heavy (non-hydrogen) atoms. The van der Waals surface area contributed by atoms with Gasteiger partial charge < -0.3 is 10.6 Å². The summed E-state index contributed by atoms with van der Waals surface area (Å²) < 4.78 is 0. The highest BCUT2D eigenvalue weighted by Crippen LogP contribution is 2.28. The third kappa shape index (κ3) is 4.71. The number of nitro groups is 2. The second-order valence-electron chi connectivity index (χ2n) is 4.59. The SMILES string of the molecule is CC(C)C(=O)NCCNc1ccc([N+](=O)[O-])cc1[N+](=O)[O-]. The van der Waals surface area contributed by atoms with Gasteiger partial charge in [-0.3, -0.25) is 25.0 Å². The van der Waals surface area contributed by atoms with Gasteiger partial charge in [0.1, 0.15) is 5.69 Å². The maximum atomic E-state index is 11.3. The van der Waals surface area contributed by atoms with E-state index < -0.39 is 9.85 Å². The first kappa shape index (κ1) is 16.3. The monoisotopic (exact) mass is 296 g/mol. The molecular weight excluding hydrogens is 280 g/mol. The number of nitrogens with zero attached hydrogens (tertiary/aromatic N) is 2. The second-order valence-corrected chi connectivity index (χ2v) is 4.59. The fourth-order valence-corrected chi connectivity index (χ4v) is 1.52. The molecule has 0 aliphatic rings. The Bertz CT molecular complexity index is 559. The fourth-order valence-electron chi connectivity index (χ4n) is 1.52. The van der Waals surface area contributed by atoms with Gasteiger partial charge in [0.05, 0.1) is 15.9 Å². The van der Waals surface area contributed by atoms with E-state index in [0.29, 0.717) is 6.54 Å². The van der Waals surface area contributed by atoms with E-state index in [1.807, 2.05) is 0 Å². The van der Waals surface area contributed by atoms with Crippen LogP contribution in [0.15, 0.2) is 18.2 Å². The molecule has 0 bridgehead atoms. The van der Waals surface area contributed by atoms with Crippen LogP contribution in [-0.2, 0) is 4.79 Å². The molecule has 1 rings (SSSR count). The molecule has 0 spiro atoms. The molecule has 0 saturated carbocycles. The van der Waals surface area contributed by atoms with Crippen LogP contribution in [0.5, 0.6) is 0 Å². The Hall–Kier alpha value is -2.71. The topological polar surface area (TPSA) is 127 Å². The summed E-state index contributed by atoms with van der Waals surface area (Å²) in [4.78, 5) is 31.4. The van der Waals surface area contributed by atoms with Crippen molar-refractivity contribution in [2.75, 3.05) is 18.4 Å². The summed E-state index contributed by atoms with van der Waals surface area (Å²) in [6.45, 7) is 4.08. The quantitative estimate of drug-likeness (QED) is 0.447. The first-order chi connectivity index (χ1) is 9.82. The lowest BCUT2D eigenvalue weighted by Gasteiger charge is -2.09. The van der Waals surface area contributed by atoms with Gasteiger partial charge in [0, 0.05) is 25.1 Å². The lowest BCUT2D eigenvalue weighted by atomic mass is 10.2.